The molecule has 1 heterocycles. The van der Waals surface area contributed by atoms with Gasteiger partial charge < -0.3 is 10.5 Å². The van der Waals surface area contributed by atoms with E-state index in [9.17, 15) is 0 Å². The van der Waals surface area contributed by atoms with E-state index in [0.29, 0.717) is 17.6 Å². The number of nitrogens with one attached hydrogen (secondary N) is 1. The van der Waals surface area contributed by atoms with Gasteiger partial charge in [0.05, 0.1) is 6.21 Å². The van der Waals surface area contributed by atoms with Gasteiger partial charge in [-0.05, 0) is 24.0 Å². The summed E-state index contributed by atoms with van der Waals surface area (Å²) in [6, 6.07) is 8.81. The summed E-state index contributed by atoms with van der Waals surface area (Å²) >= 11 is 0. The highest BCUT2D eigenvalue weighted by atomic mass is 16.4. The molecule has 3 rings (SSSR count). The molecular formula is C14H14N4O. The minimum absolute atomic E-state index is 0.342. The lowest BCUT2D eigenvalue weighted by atomic mass is 10.1. The van der Waals surface area contributed by atoms with Crippen molar-refractivity contribution in [3.8, 4) is 0 Å². The van der Waals surface area contributed by atoms with Gasteiger partial charge in [-0.1, -0.05) is 29.4 Å². The van der Waals surface area contributed by atoms with Crippen molar-refractivity contribution in [1.82, 2.24) is 9.97 Å². The van der Waals surface area contributed by atoms with Crippen molar-refractivity contribution in [2.24, 2.45) is 5.16 Å². The first kappa shape index (κ1) is 11.6. The number of nitrogens with zero attached hydrogens (tertiary/aromatic N) is 3. The fourth-order valence-electron chi connectivity index (χ4n) is 2.39. The minimum Gasteiger partial charge on any atom is -0.411 e. The van der Waals surface area contributed by atoms with Gasteiger partial charge in [0, 0.05) is 24.0 Å². The molecule has 2 N–H and O–H groups in total. The molecule has 0 radical (unpaired) electrons. The molecule has 0 atom stereocenters. The highest BCUT2D eigenvalue weighted by molar-refractivity contribution is 5.78. The Labute approximate surface area is 111 Å². The molecule has 1 aliphatic carbocycles. The van der Waals surface area contributed by atoms with Gasteiger partial charge >= 0.3 is 0 Å². The smallest absolute Gasteiger partial charge is 0.222 e. The maximum atomic E-state index is 8.42. The average Bonchev–Trinajstić information content (AvgIpc) is 2.83. The number of hydrogen-bond acceptors (Lipinski definition) is 5. The van der Waals surface area contributed by atoms with Crippen LogP contribution in [0.4, 0.5) is 5.95 Å². The van der Waals surface area contributed by atoms with E-state index in [1.807, 2.05) is 0 Å². The highest BCUT2D eigenvalue weighted by Crippen LogP contribution is 2.23. The molecule has 19 heavy (non-hydrogen) atoms. The molecule has 0 amide bonds. The fourth-order valence-corrected chi connectivity index (χ4v) is 2.39. The van der Waals surface area contributed by atoms with Crippen molar-refractivity contribution in [2.75, 3.05) is 5.32 Å². The van der Waals surface area contributed by atoms with E-state index in [2.05, 4.69) is 44.7 Å². The second-order valence-corrected chi connectivity index (χ2v) is 4.60. The molecule has 1 aromatic carbocycles. The van der Waals surface area contributed by atoms with E-state index in [4.69, 9.17) is 5.21 Å². The molecule has 5 heteroatoms. The van der Waals surface area contributed by atoms with Crippen LogP contribution < -0.4 is 5.32 Å². The summed E-state index contributed by atoms with van der Waals surface area (Å²) in [5.41, 5.74) is 3.45. The quantitative estimate of drug-likeness (QED) is 0.498. The predicted octanol–water partition coefficient (Wildman–Crippen LogP) is 1.86. The van der Waals surface area contributed by atoms with Crippen LogP contribution in [0.25, 0.3) is 0 Å². The molecule has 2 aromatic rings. The first-order valence-corrected chi connectivity index (χ1v) is 6.18. The number of benzene rings is 1. The third kappa shape index (κ3) is 2.54. The zero-order valence-electron chi connectivity index (χ0n) is 10.3. The van der Waals surface area contributed by atoms with Gasteiger partial charge in [0.25, 0.3) is 0 Å². The third-order valence-corrected chi connectivity index (χ3v) is 3.26. The van der Waals surface area contributed by atoms with E-state index in [0.717, 1.165) is 12.8 Å². The van der Waals surface area contributed by atoms with Crippen LogP contribution in [0.1, 0.15) is 16.7 Å². The Bertz CT molecular complexity index is 570. The molecule has 0 bridgehead atoms. The van der Waals surface area contributed by atoms with E-state index < -0.39 is 0 Å². The first-order chi connectivity index (χ1) is 9.35. The van der Waals surface area contributed by atoms with Crippen LogP contribution in [-0.4, -0.2) is 27.4 Å². The lowest BCUT2D eigenvalue weighted by Crippen LogP contribution is -2.21. The summed E-state index contributed by atoms with van der Waals surface area (Å²) in [6.07, 6.45) is 6.54. The van der Waals surface area contributed by atoms with E-state index >= 15 is 0 Å². The van der Waals surface area contributed by atoms with E-state index in [-0.39, 0.29) is 0 Å². The van der Waals surface area contributed by atoms with Crippen molar-refractivity contribution in [3.05, 3.63) is 53.3 Å². The zero-order chi connectivity index (χ0) is 13.1. The lowest BCUT2D eigenvalue weighted by Gasteiger charge is -2.11. The second-order valence-electron chi connectivity index (χ2n) is 4.60. The maximum absolute atomic E-state index is 8.42. The Morgan fingerprint density at radius 3 is 2.37 bits per heavy atom. The van der Waals surface area contributed by atoms with Crippen LogP contribution in [0, 0.1) is 0 Å². The Morgan fingerprint density at radius 1 is 1.16 bits per heavy atom. The van der Waals surface area contributed by atoms with Gasteiger partial charge in [0.15, 0.2) is 0 Å². The molecule has 0 unspecified atom stereocenters. The number of hydrogen-bond donors (Lipinski definition) is 2. The monoisotopic (exact) mass is 254 g/mol. The Morgan fingerprint density at radius 2 is 1.79 bits per heavy atom. The van der Waals surface area contributed by atoms with Crippen molar-refractivity contribution < 1.29 is 5.21 Å². The van der Waals surface area contributed by atoms with Gasteiger partial charge in [-0.2, -0.15) is 0 Å². The highest BCUT2D eigenvalue weighted by Gasteiger charge is 2.21. The third-order valence-electron chi connectivity index (χ3n) is 3.26. The summed E-state index contributed by atoms with van der Waals surface area (Å²) in [4.78, 5) is 8.40. The molecule has 1 aromatic heterocycles. The summed E-state index contributed by atoms with van der Waals surface area (Å²) < 4.78 is 0. The Kier molecular flexibility index (Phi) is 3.10. The van der Waals surface area contributed by atoms with Gasteiger partial charge in [-0.3, -0.25) is 0 Å². The number of aromatic nitrogens is 2. The first-order valence-electron chi connectivity index (χ1n) is 6.18. The largest absolute Gasteiger partial charge is 0.411 e. The van der Waals surface area contributed by atoms with E-state index in [1.165, 1.54) is 17.3 Å². The predicted molar refractivity (Wildman–Crippen MR) is 72.7 cm³/mol. The lowest BCUT2D eigenvalue weighted by molar-refractivity contribution is 0.322. The SMILES string of the molecule is O/N=C/c1cnc(NC2Cc3ccccc3C2)nc1. The number of oxime groups is 1. The van der Waals surface area contributed by atoms with Crippen LogP contribution in [-0.2, 0) is 12.8 Å². The van der Waals surface area contributed by atoms with Crippen molar-refractivity contribution in [1.29, 1.82) is 0 Å². The van der Waals surface area contributed by atoms with E-state index in [1.54, 1.807) is 12.4 Å². The van der Waals surface area contributed by atoms with Crippen LogP contribution in [0.5, 0.6) is 0 Å². The van der Waals surface area contributed by atoms with Crippen molar-refractivity contribution in [2.45, 2.75) is 18.9 Å². The van der Waals surface area contributed by atoms with Crippen molar-refractivity contribution >= 4 is 12.2 Å². The fraction of sp³-hybridized carbons (Fsp3) is 0.214. The summed E-state index contributed by atoms with van der Waals surface area (Å²) in [5, 5.41) is 14.7. The molecule has 0 fully saturated rings. The number of fused-ring (bicyclic) bond motifs is 1. The van der Waals surface area contributed by atoms with Crippen LogP contribution in [0.2, 0.25) is 0 Å². The number of rotatable bonds is 3. The Hall–Kier alpha value is -2.43. The summed E-state index contributed by atoms with van der Waals surface area (Å²) in [5.74, 6) is 0.605. The zero-order valence-corrected chi connectivity index (χ0v) is 10.3. The maximum Gasteiger partial charge on any atom is 0.222 e. The van der Waals surface area contributed by atoms with Crippen LogP contribution in [0.3, 0.4) is 0 Å². The van der Waals surface area contributed by atoms with Gasteiger partial charge in [0.2, 0.25) is 5.95 Å². The molecule has 0 spiro atoms. The number of anilines is 1. The second kappa shape index (κ2) is 5.06. The Balaban J connectivity index is 1.67. The van der Waals surface area contributed by atoms with Crippen LogP contribution in [0.15, 0.2) is 41.8 Å². The average molecular weight is 254 g/mol. The summed E-state index contributed by atoms with van der Waals surface area (Å²) in [6.45, 7) is 0. The van der Waals surface area contributed by atoms with Gasteiger partial charge in [-0.15, -0.1) is 0 Å². The van der Waals surface area contributed by atoms with Gasteiger partial charge in [-0.25, -0.2) is 9.97 Å². The molecule has 96 valence electrons. The summed E-state index contributed by atoms with van der Waals surface area (Å²) in [7, 11) is 0. The van der Waals surface area contributed by atoms with Crippen LogP contribution >= 0.6 is 0 Å². The molecule has 0 saturated carbocycles. The molecule has 0 aliphatic heterocycles. The van der Waals surface area contributed by atoms with Gasteiger partial charge in [0.1, 0.15) is 0 Å². The molecule has 1 aliphatic rings. The molecular weight excluding hydrogens is 240 g/mol. The molecule has 0 saturated heterocycles. The standard InChI is InChI=1S/C14H14N4O/c19-17-9-10-7-15-14(16-8-10)18-13-5-11-3-1-2-4-12(11)6-13/h1-4,7-9,13,19H,5-6H2,(H,15,16,18)/b17-9+. The molecule has 5 nitrogen and oxygen atoms in total. The minimum atomic E-state index is 0.342. The normalized spacial score (nSPS) is 14.7. The topological polar surface area (TPSA) is 70.4 Å². The van der Waals surface area contributed by atoms with Crippen molar-refractivity contribution in [3.63, 3.8) is 0 Å².